The second kappa shape index (κ2) is 6.71. The topological polar surface area (TPSA) is 39.1 Å². The minimum absolute atomic E-state index is 0.139. The molecule has 0 radical (unpaired) electrons. The number of carbonyl (C=O) groups is 1. The molecule has 3 rings (SSSR count). The summed E-state index contributed by atoms with van der Waals surface area (Å²) in [4.78, 5) is 24.5. The molecular formula is C20H15NO2. The molecule has 1 heterocycles. The molecule has 3 heteroatoms. The van der Waals surface area contributed by atoms with Gasteiger partial charge in [-0.15, -0.1) is 0 Å². The SMILES string of the molecule is O=C(/C=C/c1ccccc1)c1ccccc1-n1ccccc1=O. The number of hydrogen-bond donors (Lipinski definition) is 0. The van der Waals surface area contributed by atoms with Gasteiger partial charge in [-0.2, -0.15) is 0 Å². The van der Waals surface area contributed by atoms with Crippen molar-refractivity contribution in [2.45, 2.75) is 0 Å². The van der Waals surface area contributed by atoms with Gasteiger partial charge in [-0.25, -0.2) is 0 Å². The molecule has 0 saturated carbocycles. The van der Waals surface area contributed by atoms with E-state index in [0.717, 1.165) is 5.56 Å². The van der Waals surface area contributed by atoms with Crippen molar-refractivity contribution in [2.75, 3.05) is 0 Å². The zero-order chi connectivity index (χ0) is 16.1. The zero-order valence-electron chi connectivity index (χ0n) is 12.4. The molecule has 0 aliphatic carbocycles. The lowest BCUT2D eigenvalue weighted by Crippen LogP contribution is -2.18. The third kappa shape index (κ3) is 3.35. The molecule has 1 aromatic heterocycles. The standard InChI is InChI=1S/C20H15NO2/c22-19(14-13-16-8-2-1-3-9-16)17-10-4-5-11-18(17)21-15-7-6-12-20(21)23/h1-15H/b14-13+. The maximum atomic E-state index is 12.5. The molecule has 0 fully saturated rings. The Morgan fingerprint density at radius 3 is 2.30 bits per heavy atom. The van der Waals surface area contributed by atoms with Crippen LogP contribution in [0.4, 0.5) is 0 Å². The van der Waals surface area contributed by atoms with Crippen LogP contribution in [0.5, 0.6) is 0 Å². The number of benzene rings is 2. The summed E-state index contributed by atoms with van der Waals surface area (Å²) in [5, 5.41) is 0. The fourth-order valence-corrected chi connectivity index (χ4v) is 2.34. The molecule has 0 bridgehead atoms. The lowest BCUT2D eigenvalue weighted by Gasteiger charge is -2.09. The quantitative estimate of drug-likeness (QED) is 0.544. The molecular weight excluding hydrogens is 286 g/mol. The van der Waals surface area contributed by atoms with E-state index in [1.807, 2.05) is 36.4 Å². The molecule has 0 aliphatic heterocycles. The lowest BCUT2D eigenvalue weighted by molar-refractivity contribution is 0.104. The molecule has 0 aliphatic rings. The minimum Gasteiger partial charge on any atom is -0.289 e. The summed E-state index contributed by atoms with van der Waals surface area (Å²) in [6, 6.07) is 21.6. The maximum Gasteiger partial charge on any atom is 0.255 e. The van der Waals surface area contributed by atoms with E-state index in [0.29, 0.717) is 11.3 Å². The number of rotatable bonds is 4. The average molecular weight is 301 g/mol. The van der Waals surface area contributed by atoms with E-state index in [-0.39, 0.29) is 11.3 Å². The number of allylic oxidation sites excluding steroid dienone is 1. The van der Waals surface area contributed by atoms with Crippen LogP contribution in [0.3, 0.4) is 0 Å². The van der Waals surface area contributed by atoms with Gasteiger partial charge in [0.2, 0.25) is 0 Å². The minimum atomic E-state index is -0.167. The van der Waals surface area contributed by atoms with E-state index >= 15 is 0 Å². The Balaban J connectivity index is 1.98. The number of carbonyl (C=O) groups excluding carboxylic acids is 1. The van der Waals surface area contributed by atoms with Gasteiger partial charge >= 0.3 is 0 Å². The van der Waals surface area contributed by atoms with Crippen molar-refractivity contribution in [1.29, 1.82) is 0 Å². The molecule has 0 N–H and O–H groups in total. The van der Waals surface area contributed by atoms with Crippen molar-refractivity contribution >= 4 is 11.9 Å². The molecule has 0 unspecified atom stereocenters. The maximum absolute atomic E-state index is 12.5. The number of pyridine rings is 1. The smallest absolute Gasteiger partial charge is 0.255 e. The van der Waals surface area contributed by atoms with E-state index in [1.54, 1.807) is 42.6 Å². The Morgan fingerprint density at radius 1 is 0.826 bits per heavy atom. The monoisotopic (exact) mass is 301 g/mol. The second-order valence-electron chi connectivity index (χ2n) is 5.03. The van der Waals surface area contributed by atoms with Gasteiger partial charge in [0, 0.05) is 17.8 Å². The van der Waals surface area contributed by atoms with Crippen LogP contribution >= 0.6 is 0 Å². The van der Waals surface area contributed by atoms with Crippen molar-refractivity contribution in [3.8, 4) is 5.69 Å². The van der Waals surface area contributed by atoms with Gasteiger partial charge in [0.15, 0.2) is 5.78 Å². The van der Waals surface area contributed by atoms with Crippen LogP contribution in [0, 0.1) is 0 Å². The fourth-order valence-electron chi connectivity index (χ4n) is 2.34. The Kier molecular flexibility index (Phi) is 4.29. The molecule has 0 atom stereocenters. The third-order valence-corrected chi connectivity index (χ3v) is 3.48. The first kappa shape index (κ1) is 14.7. The average Bonchev–Trinajstić information content (AvgIpc) is 2.61. The summed E-state index contributed by atoms with van der Waals surface area (Å²) in [5.41, 5.74) is 1.86. The van der Waals surface area contributed by atoms with Gasteiger partial charge in [0.1, 0.15) is 0 Å². The molecule has 112 valence electrons. The Hall–Kier alpha value is -3.20. The summed E-state index contributed by atoms with van der Waals surface area (Å²) in [6.07, 6.45) is 4.96. The van der Waals surface area contributed by atoms with E-state index < -0.39 is 0 Å². The van der Waals surface area contributed by atoms with Crippen molar-refractivity contribution < 1.29 is 4.79 Å². The molecule has 0 amide bonds. The van der Waals surface area contributed by atoms with Crippen molar-refractivity contribution in [2.24, 2.45) is 0 Å². The normalized spacial score (nSPS) is 10.8. The second-order valence-corrected chi connectivity index (χ2v) is 5.03. The van der Waals surface area contributed by atoms with E-state index in [2.05, 4.69) is 0 Å². The summed E-state index contributed by atoms with van der Waals surface area (Å²) in [6.45, 7) is 0. The highest BCUT2D eigenvalue weighted by Gasteiger charge is 2.10. The number of aromatic nitrogens is 1. The molecule has 23 heavy (non-hydrogen) atoms. The molecule has 3 nitrogen and oxygen atoms in total. The highest BCUT2D eigenvalue weighted by Crippen LogP contribution is 2.14. The van der Waals surface area contributed by atoms with Crippen LogP contribution in [0.15, 0.2) is 89.9 Å². The summed E-state index contributed by atoms with van der Waals surface area (Å²) >= 11 is 0. The predicted octanol–water partition coefficient (Wildman–Crippen LogP) is 3.73. The molecule has 0 saturated heterocycles. The number of nitrogens with zero attached hydrogens (tertiary/aromatic N) is 1. The lowest BCUT2D eigenvalue weighted by atomic mass is 10.1. The van der Waals surface area contributed by atoms with Crippen LogP contribution in [0.1, 0.15) is 15.9 Å². The van der Waals surface area contributed by atoms with Crippen molar-refractivity contribution in [3.63, 3.8) is 0 Å². The van der Waals surface area contributed by atoms with Crippen LogP contribution < -0.4 is 5.56 Å². The number of ketones is 1. The Bertz CT molecular complexity index is 908. The van der Waals surface area contributed by atoms with E-state index in [1.165, 1.54) is 16.7 Å². The predicted molar refractivity (Wildman–Crippen MR) is 91.8 cm³/mol. The van der Waals surface area contributed by atoms with Crippen LogP contribution in [-0.4, -0.2) is 10.4 Å². The Morgan fingerprint density at radius 2 is 1.52 bits per heavy atom. The fraction of sp³-hybridized carbons (Fsp3) is 0. The van der Waals surface area contributed by atoms with Crippen molar-refractivity contribution in [1.82, 2.24) is 4.57 Å². The van der Waals surface area contributed by atoms with Crippen LogP contribution in [-0.2, 0) is 0 Å². The highest BCUT2D eigenvalue weighted by atomic mass is 16.1. The summed E-state index contributed by atoms with van der Waals surface area (Å²) < 4.78 is 1.48. The van der Waals surface area contributed by atoms with Crippen LogP contribution in [0.2, 0.25) is 0 Å². The molecule has 2 aromatic carbocycles. The Labute approximate surface area is 134 Å². The van der Waals surface area contributed by atoms with E-state index in [4.69, 9.17) is 0 Å². The first-order chi connectivity index (χ1) is 11.3. The van der Waals surface area contributed by atoms with Gasteiger partial charge in [-0.05, 0) is 29.8 Å². The number of hydrogen-bond acceptors (Lipinski definition) is 2. The third-order valence-electron chi connectivity index (χ3n) is 3.48. The van der Waals surface area contributed by atoms with Crippen LogP contribution in [0.25, 0.3) is 11.8 Å². The van der Waals surface area contributed by atoms with E-state index in [9.17, 15) is 9.59 Å². The summed E-state index contributed by atoms with van der Waals surface area (Å²) in [7, 11) is 0. The van der Waals surface area contributed by atoms with Gasteiger partial charge in [-0.3, -0.25) is 14.2 Å². The zero-order valence-corrected chi connectivity index (χ0v) is 12.4. The van der Waals surface area contributed by atoms with Gasteiger partial charge in [-0.1, -0.05) is 54.6 Å². The first-order valence-corrected chi connectivity index (χ1v) is 7.30. The largest absolute Gasteiger partial charge is 0.289 e. The highest BCUT2D eigenvalue weighted by molar-refractivity contribution is 6.09. The van der Waals surface area contributed by atoms with Crippen molar-refractivity contribution in [3.05, 3.63) is 107 Å². The molecule has 3 aromatic rings. The summed E-state index contributed by atoms with van der Waals surface area (Å²) in [5.74, 6) is -0.139. The van der Waals surface area contributed by atoms with Gasteiger partial charge < -0.3 is 0 Å². The number of para-hydroxylation sites is 1. The first-order valence-electron chi connectivity index (χ1n) is 7.30. The van der Waals surface area contributed by atoms with Gasteiger partial charge in [0.05, 0.1) is 5.69 Å². The van der Waals surface area contributed by atoms with Gasteiger partial charge in [0.25, 0.3) is 5.56 Å². The molecule has 0 spiro atoms.